The Labute approximate surface area is 271 Å². The van der Waals surface area contributed by atoms with Gasteiger partial charge in [-0.25, -0.2) is 4.79 Å². The van der Waals surface area contributed by atoms with Gasteiger partial charge in [0.1, 0.15) is 23.1 Å². The van der Waals surface area contributed by atoms with E-state index < -0.39 is 46.7 Å². The molecule has 0 amide bonds. The number of carbonyl (C=O) groups excluding carboxylic acids is 2. The second-order valence-corrected chi connectivity index (χ2v) is 14.6. The van der Waals surface area contributed by atoms with Gasteiger partial charge in [0, 0.05) is 83.0 Å². The minimum atomic E-state index is -1.51. The summed E-state index contributed by atoms with van der Waals surface area (Å²) in [6.07, 6.45) is 0.142. The number of hydrogen-bond acceptors (Lipinski definition) is 11. The lowest BCUT2D eigenvalue weighted by Crippen LogP contribution is -2.77. The van der Waals surface area contributed by atoms with E-state index in [4.69, 9.17) is 33.2 Å². The molecule has 1 N–H and O–H groups in total. The summed E-state index contributed by atoms with van der Waals surface area (Å²) in [5.74, 6) is -1.38. The van der Waals surface area contributed by atoms with Gasteiger partial charge in [0.05, 0.1) is 37.6 Å². The molecule has 254 valence electrons. The maximum atomic E-state index is 13.9. The molecule has 1 heterocycles. The van der Waals surface area contributed by atoms with E-state index in [1.165, 1.54) is 6.92 Å². The maximum absolute atomic E-state index is 13.9. The molecular weight excluding hydrogens is 594 g/mol. The van der Waals surface area contributed by atoms with Crippen molar-refractivity contribution in [1.29, 1.82) is 0 Å². The van der Waals surface area contributed by atoms with Crippen molar-refractivity contribution in [2.45, 2.75) is 81.2 Å². The first-order chi connectivity index (χ1) is 22.1. The van der Waals surface area contributed by atoms with Crippen LogP contribution in [0.3, 0.4) is 0 Å². The van der Waals surface area contributed by atoms with Crippen LogP contribution in [0.1, 0.15) is 49.9 Å². The Morgan fingerprint density at radius 3 is 2.28 bits per heavy atom. The molecule has 1 saturated heterocycles. The van der Waals surface area contributed by atoms with Gasteiger partial charge in [-0.1, -0.05) is 6.92 Å². The SMILES string of the molecule is CCN1C[C@]2(COC)CCC(OC)C34C1C(C(OC)[C@@H]32)[C@@]1(OC(C)=O)C[C@H](OC)[C@@]2(O)C[C@@H]4[C@@H]1[C@H]2OC(=O)c1ccc(OC)cc1. The molecule has 7 rings (SSSR count). The first-order valence-electron chi connectivity index (χ1n) is 16.6. The van der Waals surface area contributed by atoms with Crippen molar-refractivity contribution in [3.05, 3.63) is 29.8 Å². The Balaban J connectivity index is 1.46. The highest BCUT2D eigenvalue weighted by Crippen LogP contribution is 2.80. The van der Waals surface area contributed by atoms with Crippen LogP contribution >= 0.6 is 0 Å². The summed E-state index contributed by atoms with van der Waals surface area (Å²) in [5, 5.41) is 12.8. The molecule has 0 aromatic heterocycles. The quantitative estimate of drug-likeness (QED) is 0.379. The number of likely N-dealkylation sites (tertiary alicyclic amines) is 1. The number of hydrogen-bond donors (Lipinski definition) is 1. The second kappa shape index (κ2) is 11.1. The molecule has 1 aromatic rings. The average molecular weight is 644 g/mol. The van der Waals surface area contributed by atoms with Crippen molar-refractivity contribution >= 4 is 11.9 Å². The molecular formula is C35H49NO10. The molecule has 5 unspecified atom stereocenters. The first-order valence-corrected chi connectivity index (χ1v) is 16.6. The molecule has 5 aliphatic carbocycles. The fourth-order valence-electron chi connectivity index (χ4n) is 12.4. The maximum Gasteiger partial charge on any atom is 0.338 e. The van der Waals surface area contributed by atoms with Crippen LogP contribution in [0.2, 0.25) is 0 Å². The highest BCUT2D eigenvalue weighted by Gasteiger charge is 2.89. The van der Waals surface area contributed by atoms with E-state index in [1.807, 2.05) is 0 Å². The molecule has 1 aliphatic heterocycles. The number of methoxy groups -OCH3 is 5. The predicted molar refractivity (Wildman–Crippen MR) is 164 cm³/mol. The Kier molecular flexibility index (Phi) is 7.81. The zero-order valence-corrected chi connectivity index (χ0v) is 28.0. The molecule has 6 fully saturated rings. The second-order valence-electron chi connectivity index (χ2n) is 14.6. The van der Waals surface area contributed by atoms with Crippen LogP contribution in [0, 0.1) is 34.5 Å². The van der Waals surface area contributed by atoms with Crippen LogP contribution in [-0.2, 0) is 33.2 Å². The smallest absolute Gasteiger partial charge is 0.338 e. The van der Waals surface area contributed by atoms with E-state index >= 15 is 0 Å². The number of carbonyl (C=O) groups is 2. The minimum Gasteiger partial charge on any atom is -0.497 e. The zero-order chi connectivity index (χ0) is 32.8. The lowest BCUT2D eigenvalue weighted by Gasteiger charge is -2.69. The van der Waals surface area contributed by atoms with E-state index in [0.717, 1.165) is 25.9 Å². The third kappa shape index (κ3) is 3.87. The number of fused-ring (bicyclic) bond motifs is 2. The van der Waals surface area contributed by atoms with Gasteiger partial charge in [-0.2, -0.15) is 0 Å². The average Bonchev–Trinajstić information content (AvgIpc) is 3.42. The van der Waals surface area contributed by atoms with E-state index in [9.17, 15) is 14.7 Å². The number of benzene rings is 1. The molecule has 11 nitrogen and oxygen atoms in total. The third-order valence-corrected chi connectivity index (χ3v) is 13.3. The van der Waals surface area contributed by atoms with E-state index in [1.54, 1.807) is 59.8 Å². The monoisotopic (exact) mass is 643 g/mol. The standard InChI is InChI=1S/C35H49NO10/c1-8-36-17-32(18-40-3)14-13-23(42-5)35-22-15-33(39)24(43-6)16-34(46-19(2)37,26(29(35)36)27(44-7)28(32)35)25(22)30(33)45-31(38)20-9-11-21(41-4)12-10-20/h9-12,22-30,39H,8,13-18H2,1-7H3/t22-,23?,24+,25-,26?,27?,28-,29?,30-,32+,33+,34-,35?/m1/s1. The number of rotatable bonds is 10. The lowest BCUT2D eigenvalue weighted by molar-refractivity contribution is -0.287. The van der Waals surface area contributed by atoms with Gasteiger partial charge in [-0.05, 0) is 56.0 Å². The molecule has 7 bridgehead atoms. The molecule has 1 aromatic carbocycles. The van der Waals surface area contributed by atoms with Crippen molar-refractivity contribution in [2.75, 3.05) is 55.2 Å². The van der Waals surface area contributed by atoms with Crippen LogP contribution in [-0.4, -0.2) is 119 Å². The number of ether oxygens (including phenoxy) is 7. The van der Waals surface area contributed by atoms with Crippen LogP contribution in [0.5, 0.6) is 5.75 Å². The normalized spacial score (nSPS) is 46.6. The molecule has 46 heavy (non-hydrogen) atoms. The number of esters is 2. The van der Waals surface area contributed by atoms with E-state index in [-0.39, 0.29) is 47.8 Å². The topological polar surface area (TPSA) is 122 Å². The molecule has 6 aliphatic rings. The first kappa shape index (κ1) is 32.3. The molecule has 13 atom stereocenters. The van der Waals surface area contributed by atoms with Crippen LogP contribution in [0.15, 0.2) is 24.3 Å². The predicted octanol–water partition coefficient (Wildman–Crippen LogP) is 2.72. The van der Waals surface area contributed by atoms with Gasteiger partial charge in [0.2, 0.25) is 0 Å². The van der Waals surface area contributed by atoms with Crippen LogP contribution in [0.4, 0.5) is 0 Å². The van der Waals surface area contributed by atoms with Gasteiger partial charge in [0.25, 0.3) is 0 Å². The Morgan fingerprint density at radius 1 is 0.978 bits per heavy atom. The van der Waals surface area contributed by atoms with Gasteiger partial charge >= 0.3 is 11.9 Å². The summed E-state index contributed by atoms with van der Waals surface area (Å²) >= 11 is 0. The number of piperidine rings is 1. The summed E-state index contributed by atoms with van der Waals surface area (Å²) in [6.45, 7) is 5.80. The summed E-state index contributed by atoms with van der Waals surface area (Å²) < 4.78 is 43.6. The molecule has 5 saturated carbocycles. The Hall–Kier alpha value is -2.28. The van der Waals surface area contributed by atoms with E-state index in [0.29, 0.717) is 24.3 Å². The van der Waals surface area contributed by atoms with Crippen molar-refractivity contribution < 1.29 is 47.9 Å². The van der Waals surface area contributed by atoms with Crippen molar-refractivity contribution in [2.24, 2.45) is 34.5 Å². The third-order valence-electron chi connectivity index (χ3n) is 13.3. The van der Waals surface area contributed by atoms with E-state index in [2.05, 4.69) is 11.8 Å². The largest absolute Gasteiger partial charge is 0.497 e. The van der Waals surface area contributed by atoms with Crippen LogP contribution in [0.25, 0.3) is 0 Å². The highest BCUT2D eigenvalue weighted by molar-refractivity contribution is 5.89. The molecule has 1 spiro atoms. The van der Waals surface area contributed by atoms with Gasteiger partial charge in [0.15, 0.2) is 0 Å². The molecule has 11 heteroatoms. The minimum absolute atomic E-state index is 0.00534. The summed E-state index contributed by atoms with van der Waals surface area (Å²) in [6, 6.07) is 6.66. The summed E-state index contributed by atoms with van der Waals surface area (Å²) in [4.78, 5) is 29.7. The highest BCUT2D eigenvalue weighted by atomic mass is 16.6. The van der Waals surface area contributed by atoms with Gasteiger partial charge in [-0.3, -0.25) is 9.69 Å². The Bertz CT molecular complexity index is 1360. The van der Waals surface area contributed by atoms with Gasteiger partial charge in [-0.15, -0.1) is 0 Å². The summed E-state index contributed by atoms with van der Waals surface area (Å²) in [5.41, 5.74) is -3.03. The summed E-state index contributed by atoms with van der Waals surface area (Å²) in [7, 11) is 8.44. The van der Waals surface area contributed by atoms with Gasteiger partial charge < -0.3 is 38.3 Å². The number of aliphatic hydroxyl groups is 1. The fourth-order valence-corrected chi connectivity index (χ4v) is 12.4. The number of nitrogens with zero attached hydrogens (tertiary/aromatic N) is 1. The molecule has 0 radical (unpaired) electrons. The van der Waals surface area contributed by atoms with Crippen molar-refractivity contribution in [3.63, 3.8) is 0 Å². The van der Waals surface area contributed by atoms with Crippen molar-refractivity contribution in [1.82, 2.24) is 4.90 Å². The fraction of sp³-hybridized carbons (Fsp3) is 0.771. The Morgan fingerprint density at radius 2 is 1.70 bits per heavy atom. The van der Waals surface area contributed by atoms with Crippen molar-refractivity contribution in [3.8, 4) is 5.75 Å². The lowest BCUT2D eigenvalue weighted by atomic mass is 9.43. The van der Waals surface area contributed by atoms with Crippen LogP contribution < -0.4 is 4.74 Å². The zero-order valence-electron chi connectivity index (χ0n) is 28.0.